The standard InChI is InChI=1S/C24H19N3O5/c1-31-23-8-3-2-7-22(23)26-24(28)16-32-21-6-4-5-17(14-21)13-19(15-25)18-9-11-20(12-10-18)27(29)30/h2-14H,16H2,1H3,(H,26,28)/b19-13+. The molecule has 0 unspecified atom stereocenters. The van der Waals surface area contributed by atoms with Crippen LogP contribution < -0.4 is 14.8 Å². The number of benzene rings is 3. The second kappa shape index (κ2) is 10.4. The monoisotopic (exact) mass is 429 g/mol. The number of nitriles is 1. The van der Waals surface area contributed by atoms with Crippen molar-refractivity contribution < 1.29 is 19.2 Å². The van der Waals surface area contributed by atoms with Gasteiger partial charge in [-0.05, 0) is 53.6 Å². The van der Waals surface area contributed by atoms with Gasteiger partial charge >= 0.3 is 0 Å². The number of anilines is 1. The molecule has 0 radical (unpaired) electrons. The van der Waals surface area contributed by atoms with Crippen LogP contribution in [0.2, 0.25) is 0 Å². The minimum absolute atomic E-state index is 0.0483. The van der Waals surface area contributed by atoms with E-state index in [-0.39, 0.29) is 18.2 Å². The number of non-ortho nitro benzene ring substituents is 1. The number of allylic oxidation sites excluding steroid dienone is 1. The van der Waals surface area contributed by atoms with Gasteiger partial charge < -0.3 is 14.8 Å². The van der Waals surface area contributed by atoms with Gasteiger partial charge in [0, 0.05) is 12.1 Å². The average molecular weight is 429 g/mol. The molecule has 0 fully saturated rings. The van der Waals surface area contributed by atoms with Crippen molar-refractivity contribution in [1.29, 1.82) is 5.26 Å². The maximum absolute atomic E-state index is 12.2. The first-order valence-electron chi connectivity index (χ1n) is 9.52. The molecule has 0 aliphatic rings. The van der Waals surface area contributed by atoms with Crippen LogP contribution in [0.5, 0.6) is 11.5 Å². The number of carbonyl (C=O) groups is 1. The van der Waals surface area contributed by atoms with Gasteiger partial charge in [0.2, 0.25) is 0 Å². The van der Waals surface area contributed by atoms with Crippen LogP contribution in [-0.2, 0) is 4.79 Å². The molecule has 0 spiro atoms. The molecule has 160 valence electrons. The first-order valence-corrected chi connectivity index (χ1v) is 9.52. The minimum atomic E-state index is -0.496. The second-order valence-electron chi connectivity index (χ2n) is 6.58. The molecule has 3 rings (SSSR count). The number of methoxy groups -OCH3 is 1. The molecule has 1 N–H and O–H groups in total. The van der Waals surface area contributed by atoms with Crippen LogP contribution in [0.15, 0.2) is 72.8 Å². The first kappa shape index (κ1) is 22.1. The highest BCUT2D eigenvalue weighted by molar-refractivity contribution is 5.93. The SMILES string of the molecule is COc1ccccc1NC(=O)COc1cccc(/C=C(\C#N)c2ccc([N+](=O)[O-])cc2)c1. The molecule has 0 saturated heterocycles. The molecule has 0 bridgehead atoms. The molecular weight excluding hydrogens is 410 g/mol. The van der Waals surface area contributed by atoms with Gasteiger partial charge in [0.25, 0.3) is 11.6 Å². The molecular formula is C24H19N3O5. The van der Waals surface area contributed by atoms with Gasteiger partial charge in [-0.25, -0.2) is 0 Å². The van der Waals surface area contributed by atoms with Crippen LogP contribution in [0.4, 0.5) is 11.4 Å². The van der Waals surface area contributed by atoms with Crippen molar-refractivity contribution in [2.75, 3.05) is 19.0 Å². The minimum Gasteiger partial charge on any atom is -0.495 e. The summed E-state index contributed by atoms with van der Waals surface area (Å²) in [7, 11) is 1.52. The number of nitro groups is 1. The van der Waals surface area contributed by atoms with Gasteiger partial charge in [-0.2, -0.15) is 5.26 Å². The molecule has 3 aromatic carbocycles. The van der Waals surface area contributed by atoms with Crippen LogP contribution >= 0.6 is 0 Å². The Morgan fingerprint density at radius 1 is 1.12 bits per heavy atom. The Balaban J connectivity index is 1.68. The van der Waals surface area contributed by atoms with Crippen molar-refractivity contribution in [3.8, 4) is 17.6 Å². The van der Waals surface area contributed by atoms with E-state index in [9.17, 15) is 20.2 Å². The fourth-order valence-corrected chi connectivity index (χ4v) is 2.89. The van der Waals surface area contributed by atoms with Crippen molar-refractivity contribution in [1.82, 2.24) is 0 Å². The highest BCUT2D eigenvalue weighted by Gasteiger charge is 2.09. The van der Waals surface area contributed by atoms with Crippen molar-refractivity contribution >= 4 is 28.9 Å². The summed E-state index contributed by atoms with van der Waals surface area (Å²) in [6.45, 7) is -0.210. The van der Waals surface area contributed by atoms with Gasteiger partial charge in [-0.3, -0.25) is 14.9 Å². The summed E-state index contributed by atoms with van der Waals surface area (Å²) < 4.78 is 10.8. The van der Waals surface area contributed by atoms with Crippen LogP contribution in [0, 0.1) is 21.4 Å². The van der Waals surface area contributed by atoms with Gasteiger partial charge in [0.05, 0.1) is 29.4 Å². The van der Waals surface area contributed by atoms with Crippen LogP contribution in [-0.4, -0.2) is 24.5 Å². The fraction of sp³-hybridized carbons (Fsp3) is 0.0833. The average Bonchev–Trinajstić information content (AvgIpc) is 2.82. The van der Waals surface area contributed by atoms with E-state index in [0.29, 0.717) is 33.9 Å². The highest BCUT2D eigenvalue weighted by atomic mass is 16.6. The summed E-state index contributed by atoms with van der Waals surface area (Å²) >= 11 is 0. The van der Waals surface area contributed by atoms with Gasteiger partial charge in [-0.15, -0.1) is 0 Å². The third-order valence-electron chi connectivity index (χ3n) is 4.43. The third kappa shape index (κ3) is 5.70. The number of rotatable bonds is 8. The number of hydrogen-bond acceptors (Lipinski definition) is 6. The van der Waals surface area contributed by atoms with Crippen molar-refractivity contribution in [2.24, 2.45) is 0 Å². The lowest BCUT2D eigenvalue weighted by Crippen LogP contribution is -2.20. The number of carbonyl (C=O) groups excluding carboxylic acids is 1. The first-order chi connectivity index (χ1) is 15.5. The number of ether oxygens (including phenoxy) is 2. The zero-order valence-electron chi connectivity index (χ0n) is 17.1. The summed E-state index contributed by atoms with van der Waals surface area (Å²) in [5.41, 5.74) is 2.07. The maximum atomic E-state index is 12.2. The second-order valence-corrected chi connectivity index (χ2v) is 6.58. The van der Waals surface area contributed by atoms with Crippen molar-refractivity contribution in [3.05, 3.63) is 94.0 Å². The van der Waals surface area contributed by atoms with E-state index >= 15 is 0 Å². The number of nitrogens with zero attached hydrogens (tertiary/aromatic N) is 2. The number of para-hydroxylation sites is 2. The van der Waals surface area contributed by atoms with Crippen LogP contribution in [0.1, 0.15) is 11.1 Å². The Morgan fingerprint density at radius 3 is 2.56 bits per heavy atom. The van der Waals surface area contributed by atoms with E-state index < -0.39 is 4.92 Å². The summed E-state index contributed by atoms with van der Waals surface area (Å²) in [6, 6.07) is 21.8. The largest absolute Gasteiger partial charge is 0.495 e. The molecule has 32 heavy (non-hydrogen) atoms. The Morgan fingerprint density at radius 2 is 1.88 bits per heavy atom. The molecule has 0 aliphatic heterocycles. The van der Waals surface area contributed by atoms with Gasteiger partial charge in [-0.1, -0.05) is 24.3 Å². The molecule has 8 nitrogen and oxygen atoms in total. The summed E-state index contributed by atoms with van der Waals surface area (Å²) in [6.07, 6.45) is 1.64. The molecule has 0 aromatic heterocycles. The number of amides is 1. The topological polar surface area (TPSA) is 114 Å². The number of nitro benzene ring substituents is 1. The smallest absolute Gasteiger partial charge is 0.269 e. The molecule has 0 aliphatic carbocycles. The van der Waals surface area contributed by atoms with E-state index in [1.54, 1.807) is 54.6 Å². The molecule has 0 heterocycles. The highest BCUT2D eigenvalue weighted by Crippen LogP contribution is 2.24. The maximum Gasteiger partial charge on any atom is 0.269 e. The zero-order chi connectivity index (χ0) is 22.9. The zero-order valence-corrected chi connectivity index (χ0v) is 17.1. The van der Waals surface area contributed by atoms with E-state index in [0.717, 1.165) is 0 Å². The van der Waals surface area contributed by atoms with E-state index in [4.69, 9.17) is 9.47 Å². The Kier molecular flexibility index (Phi) is 7.17. The van der Waals surface area contributed by atoms with Gasteiger partial charge in [0.15, 0.2) is 6.61 Å². The lowest BCUT2D eigenvalue weighted by atomic mass is 10.0. The molecule has 3 aromatic rings. The lowest BCUT2D eigenvalue weighted by Gasteiger charge is -2.11. The number of nitrogens with one attached hydrogen (secondary N) is 1. The lowest BCUT2D eigenvalue weighted by molar-refractivity contribution is -0.384. The molecule has 0 atom stereocenters. The summed E-state index contributed by atoms with van der Waals surface area (Å²) in [5.74, 6) is 0.650. The van der Waals surface area contributed by atoms with Crippen molar-refractivity contribution in [3.63, 3.8) is 0 Å². The Bertz CT molecular complexity index is 1200. The van der Waals surface area contributed by atoms with E-state index in [1.165, 1.54) is 31.4 Å². The predicted molar refractivity (Wildman–Crippen MR) is 120 cm³/mol. The quantitative estimate of drug-likeness (QED) is 0.241. The summed E-state index contributed by atoms with van der Waals surface area (Å²) in [4.78, 5) is 22.5. The van der Waals surface area contributed by atoms with Crippen LogP contribution in [0.3, 0.4) is 0 Å². The van der Waals surface area contributed by atoms with Crippen molar-refractivity contribution in [2.45, 2.75) is 0 Å². The fourth-order valence-electron chi connectivity index (χ4n) is 2.89. The Labute approximate surface area is 184 Å². The molecule has 8 heteroatoms. The third-order valence-corrected chi connectivity index (χ3v) is 4.43. The van der Waals surface area contributed by atoms with Gasteiger partial charge in [0.1, 0.15) is 11.5 Å². The summed E-state index contributed by atoms with van der Waals surface area (Å²) in [5, 5.41) is 23.0. The van der Waals surface area contributed by atoms with E-state index in [1.807, 2.05) is 0 Å². The van der Waals surface area contributed by atoms with Crippen LogP contribution in [0.25, 0.3) is 11.6 Å². The normalized spacial score (nSPS) is 10.7. The molecule has 0 saturated carbocycles. The molecule has 1 amide bonds. The Hall–Kier alpha value is -4.64. The van der Waals surface area contributed by atoms with E-state index in [2.05, 4.69) is 11.4 Å². The predicted octanol–water partition coefficient (Wildman–Crippen LogP) is 4.69. The number of hydrogen-bond donors (Lipinski definition) is 1.